The van der Waals surface area contributed by atoms with Gasteiger partial charge in [-0.2, -0.15) is 0 Å². The van der Waals surface area contributed by atoms with Crippen molar-refractivity contribution in [3.63, 3.8) is 0 Å². The van der Waals surface area contributed by atoms with E-state index in [4.69, 9.17) is 0 Å². The highest BCUT2D eigenvalue weighted by molar-refractivity contribution is 6.31. The molecule has 0 unspecified atom stereocenters. The van der Waals surface area contributed by atoms with Gasteiger partial charge in [-0.05, 0) is 50.6 Å². The minimum absolute atomic E-state index is 0.0117. The Kier molecular flexibility index (Phi) is 4.83. The van der Waals surface area contributed by atoms with Crippen LogP contribution < -0.4 is 5.32 Å². The van der Waals surface area contributed by atoms with Crippen LogP contribution in [0.15, 0.2) is 35.9 Å². The molecule has 1 saturated heterocycles. The summed E-state index contributed by atoms with van der Waals surface area (Å²) in [7, 11) is 0. The van der Waals surface area contributed by atoms with Gasteiger partial charge in [-0.1, -0.05) is 0 Å². The fourth-order valence-electron chi connectivity index (χ4n) is 3.19. The van der Waals surface area contributed by atoms with Crippen LogP contribution in [0, 0.1) is 24.0 Å². The first kappa shape index (κ1) is 19.0. The Morgan fingerprint density at radius 3 is 2.36 bits per heavy atom. The molecule has 3 rings (SSSR count). The van der Waals surface area contributed by atoms with E-state index in [-0.39, 0.29) is 17.8 Å². The van der Waals surface area contributed by atoms with Gasteiger partial charge in [0.15, 0.2) is 0 Å². The summed E-state index contributed by atoms with van der Waals surface area (Å²) in [5.41, 5.74) is 2.80. The molecule has 1 fully saturated rings. The minimum Gasteiger partial charge on any atom is -0.318 e. The van der Waals surface area contributed by atoms with Crippen molar-refractivity contribution in [3.05, 3.63) is 63.0 Å². The lowest BCUT2D eigenvalue weighted by Gasteiger charge is -2.24. The van der Waals surface area contributed by atoms with Crippen molar-refractivity contribution >= 4 is 29.6 Å². The quantitative estimate of drug-likeness (QED) is 0.378. The SMILES string of the molecule is CCN1C(=O)NC(=O)C(=Cc2cc(C)n(-c3ccc([N+](=O)[O-])cc3)c2C)C1=O. The predicted octanol–water partition coefficient (Wildman–Crippen LogP) is 2.48. The van der Waals surface area contributed by atoms with Crippen molar-refractivity contribution in [3.8, 4) is 5.69 Å². The molecule has 0 bridgehead atoms. The summed E-state index contributed by atoms with van der Waals surface area (Å²) < 4.78 is 1.87. The number of hydrogen-bond donors (Lipinski definition) is 1. The number of aromatic nitrogens is 1. The summed E-state index contributed by atoms with van der Waals surface area (Å²) in [6, 6.07) is 7.16. The van der Waals surface area contributed by atoms with Gasteiger partial charge in [-0.15, -0.1) is 0 Å². The van der Waals surface area contributed by atoms with E-state index in [0.29, 0.717) is 5.56 Å². The monoisotopic (exact) mass is 382 g/mol. The molecule has 0 aliphatic carbocycles. The fourth-order valence-corrected chi connectivity index (χ4v) is 3.19. The lowest BCUT2D eigenvalue weighted by atomic mass is 10.1. The van der Waals surface area contributed by atoms with Crippen LogP contribution in [0.1, 0.15) is 23.9 Å². The number of carbonyl (C=O) groups excluding carboxylic acids is 3. The number of amides is 4. The molecule has 1 N–H and O–H groups in total. The van der Waals surface area contributed by atoms with Gasteiger partial charge < -0.3 is 4.57 Å². The predicted molar refractivity (Wildman–Crippen MR) is 101 cm³/mol. The molecule has 9 heteroatoms. The molecule has 0 atom stereocenters. The van der Waals surface area contributed by atoms with Crippen LogP contribution in [-0.2, 0) is 9.59 Å². The zero-order valence-corrected chi connectivity index (χ0v) is 15.6. The van der Waals surface area contributed by atoms with Gasteiger partial charge in [0, 0.05) is 35.8 Å². The second-order valence-electron chi connectivity index (χ2n) is 6.30. The lowest BCUT2D eigenvalue weighted by Crippen LogP contribution is -2.53. The van der Waals surface area contributed by atoms with Crippen LogP contribution in [0.2, 0.25) is 0 Å². The zero-order valence-electron chi connectivity index (χ0n) is 15.6. The van der Waals surface area contributed by atoms with Crippen LogP contribution in [0.4, 0.5) is 10.5 Å². The highest BCUT2D eigenvalue weighted by Crippen LogP contribution is 2.25. The molecule has 1 aromatic heterocycles. The number of hydrogen-bond acceptors (Lipinski definition) is 5. The van der Waals surface area contributed by atoms with Crippen molar-refractivity contribution < 1.29 is 19.3 Å². The lowest BCUT2D eigenvalue weighted by molar-refractivity contribution is -0.384. The summed E-state index contributed by atoms with van der Waals surface area (Å²) >= 11 is 0. The third-order valence-corrected chi connectivity index (χ3v) is 4.59. The number of aryl methyl sites for hydroxylation is 1. The Morgan fingerprint density at radius 2 is 1.79 bits per heavy atom. The standard InChI is InChI=1S/C19H18N4O5/c1-4-21-18(25)16(17(24)20-19(21)26)10-13-9-11(2)22(12(13)3)14-5-7-15(8-6-14)23(27)28/h5-10H,4H2,1-3H3,(H,20,24,26). The smallest absolute Gasteiger partial charge is 0.318 e. The zero-order chi connectivity index (χ0) is 20.6. The van der Waals surface area contributed by atoms with Crippen molar-refractivity contribution in [2.75, 3.05) is 6.54 Å². The Bertz CT molecular complexity index is 1030. The number of imide groups is 2. The Morgan fingerprint density at radius 1 is 1.14 bits per heavy atom. The van der Waals surface area contributed by atoms with E-state index in [9.17, 15) is 24.5 Å². The van der Waals surface area contributed by atoms with Crippen molar-refractivity contribution in [2.45, 2.75) is 20.8 Å². The molecule has 1 aliphatic rings. The summed E-state index contributed by atoms with van der Waals surface area (Å²) in [5, 5.41) is 13.0. The second kappa shape index (κ2) is 7.10. The number of non-ortho nitro benzene ring substituents is 1. The van der Waals surface area contributed by atoms with Crippen LogP contribution in [0.5, 0.6) is 0 Å². The highest BCUT2D eigenvalue weighted by Gasteiger charge is 2.34. The maximum atomic E-state index is 12.5. The molecule has 0 spiro atoms. The van der Waals surface area contributed by atoms with Gasteiger partial charge in [-0.3, -0.25) is 29.9 Å². The first-order valence-corrected chi connectivity index (χ1v) is 8.57. The number of rotatable bonds is 4. The van der Waals surface area contributed by atoms with Crippen LogP contribution >= 0.6 is 0 Å². The molecule has 28 heavy (non-hydrogen) atoms. The van der Waals surface area contributed by atoms with E-state index in [1.165, 1.54) is 18.2 Å². The number of benzene rings is 1. The average Bonchev–Trinajstić information content (AvgIpc) is 2.92. The number of urea groups is 1. The van der Waals surface area contributed by atoms with Gasteiger partial charge in [0.2, 0.25) is 0 Å². The molecule has 0 saturated carbocycles. The van der Waals surface area contributed by atoms with Gasteiger partial charge in [-0.25, -0.2) is 4.79 Å². The molecule has 2 heterocycles. The molecule has 1 aromatic carbocycles. The summed E-state index contributed by atoms with van der Waals surface area (Å²) in [5.74, 6) is -1.38. The minimum atomic E-state index is -0.736. The van der Waals surface area contributed by atoms with Gasteiger partial charge in [0.25, 0.3) is 17.5 Å². The number of nitro groups is 1. The normalized spacial score (nSPS) is 15.9. The summed E-state index contributed by atoms with van der Waals surface area (Å²) in [4.78, 5) is 47.7. The molecular formula is C19H18N4O5. The third-order valence-electron chi connectivity index (χ3n) is 4.59. The maximum Gasteiger partial charge on any atom is 0.331 e. The van der Waals surface area contributed by atoms with Crippen LogP contribution in [0.3, 0.4) is 0 Å². The second-order valence-corrected chi connectivity index (χ2v) is 6.30. The van der Waals surface area contributed by atoms with E-state index in [1.54, 1.807) is 25.1 Å². The van der Waals surface area contributed by atoms with Crippen molar-refractivity contribution in [1.82, 2.24) is 14.8 Å². The molecule has 9 nitrogen and oxygen atoms in total. The number of nitrogens with zero attached hydrogens (tertiary/aromatic N) is 3. The van der Waals surface area contributed by atoms with Crippen molar-refractivity contribution in [2.24, 2.45) is 0 Å². The highest BCUT2D eigenvalue weighted by atomic mass is 16.6. The number of nitrogens with one attached hydrogen (secondary N) is 1. The summed E-state index contributed by atoms with van der Waals surface area (Å²) in [6.07, 6.45) is 1.46. The molecule has 0 radical (unpaired) electrons. The summed E-state index contributed by atoms with van der Waals surface area (Å²) in [6.45, 7) is 5.46. The number of nitro benzene ring substituents is 1. The Balaban J connectivity index is 2.03. The van der Waals surface area contributed by atoms with Crippen LogP contribution in [0.25, 0.3) is 11.8 Å². The van der Waals surface area contributed by atoms with E-state index >= 15 is 0 Å². The van der Waals surface area contributed by atoms with Gasteiger partial charge >= 0.3 is 6.03 Å². The van der Waals surface area contributed by atoms with E-state index in [0.717, 1.165) is 22.0 Å². The fraction of sp³-hybridized carbons (Fsp3) is 0.211. The van der Waals surface area contributed by atoms with Gasteiger partial charge in [0.1, 0.15) is 5.57 Å². The Hall–Kier alpha value is -3.75. The molecule has 4 amide bonds. The van der Waals surface area contributed by atoms with E-state index < -0.39 is 22.8 Å². The topological polar surface area (TPSA) is 115 Å². The van der Waals surface area contributed by atoms with Gasteiger partial charge in [0.05, 0.1) is 4.92 Å². The third kappa shape index (κ3) is 3.18. The Labute approximate surface area is 160 Å². The molecule has 1 aliphatic heterocycles. The van der Waals surface area contributed by atoms with E-state index in [2.05, 4.69) is 5.32 Å². The van der Waals surface area contributed by atoms with Crippen LogP contribution in [-0.4, -0.2) is 38.8 Å². The molecular weight excluding hydrogens is 364 g/mol. The molecule has 144 valence electrons. The first-order valence-electron chi connectivity index (χ1n) is 8.57. The molecule has 2 aromatic rings. The number of carbonyl (C=O) groups is 3. The van der Waals surface area contributed by atoms with E-state index in [1.807, 2.05) is 18.4 Å². The average molecular weight is 382 g/mol. The maximum absolute atomic E-state index is 12.5. The van der Waals surface area contributed by atoms with Crippen molar-refractivity contribution in [1.29, 1.82) is 0 Å². The largest absolute Gasteiger partial charge is 0.331 e. The number of barbiturate groups is 1. The first-order chi connectivity index (χ1) is 13.2. The number of likely N-dealkylation sites (N-methyl/N-ethyl adjacent to an activating group) is 1.